The van der Waals surface area contributed by atoms with E-state index in [1.54, 1.807) is 22.3 Å². The van der Waals surface area contributed by atoms with Crippen molar-refractivity contribution < 1.29 is 4.74 Å². The summed E-state index contributed by atoms with van der Waals surface area (Å²) < 4.78 is 7.06. The zero-order chi connectivity index (χ0) is 36.5. The Morgan fingerprint density at radius 3 is 1.74 bits per heavy atom. The Bertz CT molecular complexity index is 2540. The van der Waals surface area contributed by atoms with Gasteiger partial charge in [-0.3, -0.25) is 0 Å². The van der Waals surface area contributed by atoms with Crippen molar-refractivity contribution >= 4 is 0 Å². The molecule has 268 valence electrons. The highest BCUT2D eigenvalue weighted by atomic mass is 16.5. The molecule has 4 heterocycles. The average Bonchev–Trinajstić information content (AvgIpc) is 4.00. The molecule has 0 spiro atoms. The summed E-state index contributed by atoms with van der Waals surface area (Å²) in [7, 11) is 0. The van der Waals surface area contributed by atoms with Crippen LogP contribution in [0.25, 0.3) is 45.0 Å². The lowest BCUT2D eigenvalue weighted by atomic mass is 9.76. The van der Waals surface area contributed by atoms with Gasteiger partial charge in [-0.05, 0) is 167 Å². The second-order valence-corrected chi connectivity index (χ2v) is 18.5. The van der Waals surface area contributed by atoms with E-state index in [0.29, 0.717) is 11.8 Å². The van der Waals surface area contributed by atoms with Crippen molar-refractivity contribution in [2.24, 2.45) is 0 Å². The van der Waals surface area contributed by atoms with E-state index in [1.807, 2.05) is 0 Å². The smallest absolute Gasteiger partial charge is 0.136 e. The Hall–Kier alpha value is -5.02. The molecule has 4 unspecified atom stereocenters. The minimum absolute atomic E-state index is 0.0336. The summed E-state index contributed by atoms with van der Waals surface area (Å²) >= 11 is 0. The van der Waals surface area contributed by atoms with Gasteiger partial charge in [-0.25, -0.2) is 9.97 Å². The van der Waals surface area contributed by atoms with Crippen molar-refractivity contribution in [3.8, 4) is 56.5 Å². The maximum atomic E-state index is 7.06. The number of hydrogen-bond acceptors (Lipinski definition) is 3. The third-order valence-corrected chi connectivity index (χ3v) is 14.0. The fourth-order valence-electron chi connectivity index (χ4n) is 10.7. The summed E-state index contributed by atoms with van der Waals surface area (Å²) in [5, 5.41) is 0. The number of rotatable bonds is 3. The molecular weight excluding hydrogens is 657 g/mol. The van der Waals surface area contributed by atoms with Gasteiger partial charge in [0.25, 0.3) is 0 Å². The van der Waals surface area contributed by atoms with E-state index in [2.05, 4.69) is 138 Å². The predicted octanol–water partition coefficient (Wildman–Crippen LogP) is 13.6. The Morgan fingerprint density at radius 2 is 1.07 bits per heavy atom. The van der Waals surface area contributed by atoms with Crippen LogP contribution in [0.15, 0.2) is 103 Å². The van der Waals surface area contributed by atoms with Crippen LogP contribution < -0.4 is 4.74 Å². The lowest BCUT2D eigenvalue weighted by molar-refractivity contribution is 0.484. The highest BCUT2D eigenvalue weighted by Gasteiger charge is 2.38. The van der Waals surface area contributed by atoms with Crippen molar-refractivity contribution in [1.82, 2.24) is 9.97 Å². The first-order valence-electron chi connectivity index (χ1n) is 20.3. The Balaban J connectivity index is 1.08. The minimum atomic E-state index is -0.321. The fraction of sp³-hybridized carbons (Fsp3) is 0.333. The molecule has 2 saturated carbocycles. The molecule has 4 atom stereocenters. The molecule has 54 heavy (non-hydrogen) atoms. The summed E-state index contributed by atoms with van der Waals surface area (Å²) in [5.41, 5.74) is 18.0. The Morgan fingerprint density at radius 1 is 0.519 bits per heavy atom. The lowest BCUT2D eigenvalue weighted by Gasteiger charge is -2.28. The van der Waals surface area contributed by atoms with E-state index in [1.165, 1.54) is 66.3 Å². The monoisotopic (exact) mass is 704 g/mol. The van der Waals surface area contributed by atoms with Gasteiger partial charge in [0, 0.05) is 27.7 Å². The molecule has 12 rings (SSSR count). The van der Waals surface area contributed by atoms with Crippen LogP contribution in [0, 0.1) is 0 Å². The lowest BCUT2D eigenvalue weighted by Crippen LogP contribution is -2.19. The quantitative estimate of drug-likeness (QED) is 0.184. The van der Waals surface area contributed by atoms with Crippen LogP contribution in [-0.2, 0) is 10.8 Å². The first-order valence-corrected chi connectivity index (χ1v) is 20.3. The van der Waals surface area contributed by atoms with Crippen LogP contribution in [0.5, 0.6) is 11.5 Å². The Labute approximate surface area is 319 Å². The molecule has 6 aromatic rings. The molecule has 4 aliphatic carbocycles. The summed E-state index contributed by atoms with van der Waals surface area (Å²) in [5.74, 6) is 4.52. The van der Waals surface area contributed by atoms with Crippen molar-refractivity contribution in [3.05, 3.63) is 142 Å². The average molecular weight is 705 g/mol. The van der Waals surface area contributed by atoms with Gasteiger partial charge in [0.05, 0.1) is 22.8 Å². The van der Waals surface area contributed by atoms with Gasteiger partial charge in [-0.2, -0.15) is 0 Å². The second-order valence-electron chi connectivity index (χ2n) is 18.5. The SMILES string of the molecule is CC(C)(C)c1ccc2c(c1)-c1cc(cc(-c3ccc4c(c3)C3CCC4C3)n1)C(C)(C)c1ccc(c(-c3cccc(-c4ccc5c(c4)C4CCC5C4)n3)c1)O2. The summed E-state index contributed by atoms with van der Waals surface area (Å²) in [4.78, 5) is 10.8. The fourth-order valence-corrected chi connectivity index (χ4v) is 10.7. The number of aromatic nitrogens is 2. The molecule has 2 fully saturated rings. The van der Waals surface area contributed by atoms with E-state index in [0.717, 1.165) is 57.2 Å². The van der Waals surface area contributed by atoms with Crippen LogP contribution in [-0.4, -0.2) is 9.97 Å². The van der Waals surface area contributed by atoms with Gasteiger partial charge in [0.1, 0.15) is 11.5 Å². The molecule has 8 bridgehead atoms. The van der Waals surface area contributed by atoms with Crippen molar-refractivity contribution in [2.75, 3.05) is 0 Å². The maximum absolute atomic E-state index is 7.06. The van der Waals surface area contributed by atoms with Gasteiger partial charge in [-0.1, -0.05) is 77.1 Å². The van der Waals surface area contributed by atoms with Crippen LogP contribution in [0.1, 0.15) is 136 Å². The molecule has 0 saturated heterocycles. The predicted molar refractivity (Wildman–Crippen MR) is 220 cm³/mol. The Kier molecular flexibility index (Phi) is 6.90. The summed E-state index contributed by atoms with van der Waals surface area (Å²) in [6, 6.07) is 38.8. The van der Waals surface area contributed by atoms with Crippen LogP contribution in [0.4, 0.5) is 0 Å². The van der Waals surface area contributed by atoms with E-state index in [4.69, 9.17) is 14.7 Å². The molecular formula is C51H48N2O. The van der Waals surface area contributed by atoms with Gasteiger partial charge < -0.3 is 4.74 Å². The van der Waals surface area contributed by atoms with E-state index in [-0.39, 0.29) is 10.8 Å². The standard InChI is InChI=1S/C51H48N2O/c1-50(2,3)35-15-19-49-43(25-35)47-28-37(27-46(53-47)34-14-18-39-30-10-12-32(22-30)41(39)24-34)51(4,5)36-16-20-48(54-49)42(26-36)45-8-6-7-44(52-45)33-13-17-38-29-9-11-31(21-29)40(38)23-33/h6-8,13-20,23-32H,9-12,21-22H2,1-5H3. The van der Waals surface area contributed by atoms with Crippen molar-refractivity contribution in [1.29, 1.82) is 0 Å². The van der Waals surface area contributed by atoms with E-state index < -0.39 is 0 Å². The highest BCUT2D eigenvalue weighted by Crippen LogP contribution is 2.55. The molecule has 0 N–H and O–H groups in total. The molecule has 2 aromatic heterocycles. The molecule has 3 heteroatoms. The highest BCUT2D eigenvalue weighted by molar-refractivity contribution is 5.78. The number of ether oxygens (including phenoxy) is 1. The summed E-state index contributed by atoms with van der Waals surface area (Å²) in [6.07, 6.45) is 7.96. The number of nitrogens with zero attached hydrogens (tertiary/aromatic N) is 2. The zero-order valence-electron chi connectivity index (χ0n) is 32.2. The number of fused-ring (bicyclic) bond motifs is 12. The molecule has 0 radical (unpaired) electrons. The number of pyridine rings is 2. The van der Waals surface area contributed by atoms with Gasteiger partial charge in [0.15, 0.2) is 0 Å². The van der Waals surface area contributed by atoms with E-state index in [9.17, 15) is 0 Å². The maximum Gasteiger partial charge on any atom is 0.136 e. The molecule has 4 aromatic carbocycles. The molecule has 3 nitrogen and oxygen atoms in total. The molecule has 2 aliphatic heterocycles. The minimum Gasteiger partial charge on any atom is -0.456 e. The van der Waals surface area contributed by atoms with Gasteiger partial charge in [-0.15, -0.1) is 0 Å². The van der Waals surface area contributed by atoms with Crippen LogP contribution in [0.3, 0.4) is 0 Å². The third-order valence-electron chi connectivity index (χ3n) is 14.0. The largest absolute Gasteiger partial charge is 0.456 e. The van der Waals surface area contributed by atoms with E-state index >= 15 is 0 Å². The topological polar surface area (TPSA) is 35.0 Å². The first-order chi connectivity index (χ1) is 26.1. The second kappa shape index (κ2) is 11.5. The van der Waals surface area contributed by atoms with Gasteiger partial charge in [0.2, 0.25) is 0 Å². The van der Waals surface area contributed by atoms with Gasteiger partial charge >= 0.3 is 0 Å². The molecule has 6 aliphatic rings. The van der Waals surface area contributed by atoms with Crippen LogP contribution >= 0.6 is 0 Å². The normalized spacial score (nSPS) is 22.4. The number of benzene rings is 4. The first kappa shape index (κ1) is 32.4. The number of hydrogen-bond donors (Lipinski definition) is 0. The van der Waals surface area contributed by atoms with Crippen molar-refractivity contribution in [2.45, 2.75) is 108 Å². The third kappa shape index (κ3) is 5.00. The summed E-state index contributed by atoms with van der Waals surface area (Å²) in [6.45, 7) is 11.5. The van der Waals surface area contributed by atoms with Crippen LogP contribution in [0.2, 0.25) is 0 Å². The zero-order valence-corrected chi connectivity index (χ0v) is 32.2. The molecule has 0 amide bonds. The van der Waals surface area contributed by atoms with Crippen molar-refractivity contribution in [3.63, 3.8) is 0 Å².